The highest BCUT2D eigenvalue weighted by atomic mass is 35.5. The minimum absolute atomic E-state index is 0.0759. The van der Waals surface area contributed by atoms with Crippen LogP contribution in [0.15, 0.2) is 37.2 Å². The number of quaternary nitrogens is 1. The molecule has 3 heterocycles. The maximum Gasteiger partial charge on any atom is 0.333 e. The van der Waals surface area contributed by atoms with Crippen molar-refractivity contribution in [3.8, 4) is 11.4 Å². The molecule has 0 saturated carbocycles. The van der Waals surface area contributed by atoms with Crippen LogP contribution in [0.3, 0.4) is 0 Å². The van der Waals surface area contributed by atoms with E-state index in [0.29, 0.717) is 17.0 Å². The topological polar surface area (TPSA) is 139 Å². The molecule has 1 saturated heterocycles. The van der Waals surface area contributed by atoms with E-state index in [2.05, 4.69) is 27.3 Å². The number of carbonyl (C=O) groups is 2. The molecule has 5 N–H and O–H groups in total. The number of hydrogen-bond acceptors (Lipinski definition) is 7. The molecule has 10 heteroatoms. The Morgan fingerprint density at radius 1 is 1.30 bits per heavy atom. The molecule has 3 rings (SSSR count). The Morgan fingerprint density at radius 2 is 2.07 bits per heavy atom. The Hall–Kier alpha value is -2.88. The predicted octanol–water partition coefficient (Wildman–Crippen LogP) is -0.00280. The maximum absolute atomic E-state index is 12.4. The first-order valence-corrected chi connectivity index (χ1v) is 8.42. The van der Waals surface area contributed by atoms with Gasteiger partial charge in [-0.3, -0.25) is 10.5 Å². The molecule has 2 amide bonds. The standard InChI is InChI=1S/C17H17ClN6O3/c1-2-16(25)24-12(6-27-7-13(24)17(20)26)9-3-11(23-14(18)4-9)10-5-15(19)22-8-21-10/h2-5,8,12-13H,1,6-7H2,(H2,20,26)(H2,19,21,22)/p+1/t12-,13-/m0/s1. The first kappa shape index (κ1) is 18.9. The quantitative estimate of drug-likeness (QED) is 0.554. The monoisotopic (exact) mass is 389 g/mol. The number of nitrogens with zero attached hydrogens (tertiary/aromatic N) is 4. The number of aromatic nitrogens is 3. The molecule has 0 unspecified atom stereocenters. The van der Waals surface area contributed by atoms with Crippen molar-refractivity contribution in [2.75, 3.05) is 18.9 Å². The molecule has 2 aromatic rings. The van der Waals surface area contributed by atoms with Crippen LogP contribution in [0.25, 0.3) is 11.4 Å². The van der Waals surface area contributed by atoms with Crippen LogP contribution < -0.4 is 11.5 Å². The highest BCUT2D eigenvalue weighted by Crippen LogP contribution is 2.31. The summed E-state index contributed by atoms with van der Waals surface area (Å²) in [6.45, 7) is 3.78. The first-order chi connectivity index (χ1) is 12.9. The fourth-order valence-corrected chi connectivity index (χ4v) is 3.16. The van der Waals surface area contributed by atoms with Crippen molar-refractivity contribution in [2.24, 2.45) is 0 Å². The van der Waals surface area contributed by atoms with Gasteiger partial charge < -0.3 is 15.4 Å². The molecule has 27 heavy (non-hydrogen) atoms. The van der Waals surface area contributed by atoms with Crippen molar-refractivity contribution in [3.63, 3.8) is 0 Å². The van der Waals surface area contributed by atoms with Gasteiger partial charge in [0.15, 0.2) is 6.04 Å². The Kier molecular flexibility index (Phi) is 5.45. The second-order valence-electron chi connectivity index (χ2n) is 5.92. The van der Waals surface area contributed by atoms with Gasteiger partial charge in [0.05, 0.1) is 30.6 Å². The molecule has 0 aromatic carbocycles. The third-order valence-corrected chi connectivity index (χ3v) is 4.37. The number of nitrogen functional groups attached to an aromatic ring is 1. The molecule has 1 aliphatic rings. The van der Waals surface area contributed by atoms with Gasteiger partial charge in [-0.2, -0.15) is 0 Å². The number of rotatable bonds is 4. The number of carbonyl (C=O) groups excluding carboxylic acids is 2. The minimum Gasteiger partial charge on any atom is -0.384 e. The van der Waals surface area contributed by atoms with Crippen LogP contribution in [0.5, 0.6) is 0 Å². The summed E-state index contributed by atoms with van der Waals surface area (Å²) >= 11 is 6.19. The van der Waals surface area contributed by atoms with Gasteiger partial charge in [-0.25, -0.2) is 19.7 Å². The molecule has 0 bridgehead atoms. The summed E-state index contributed by atoms with van der Waals surface area (Å²) in [5, 5.41) is 0.203. The number of morpholine rings is 1. The van der Waals surface area contributed by atoms with E-state index in [1.54, 1.807) is 18.2 Å². The highest BCUT2D eigenvalue weighted by Gasteiger charge is 2.39. The summed E-state index contributed by atoms with van der Waals surface area (Å²) in [7, 11) is 0. The number of pyridine rings is 1. The SMILES string of the molecule is C=CC(=O)N1[C@H](C([NH3+])=O)COC[C@H]1c1cc(Cl)nc(-c2cc(N)ncn2)c1. The normalized spacial score (nSPS) is 19.6. The Morgan fingerprint density at radius 3 is 2.74 bits per heavy atom. The summed E-state index contributed by atoms with van der Waals surface area (Å²) in [4.78, 5) is 38.0. The van der Waals surface area contributed by atoms with E-state index in [4.69, 9.17) is 22.1 Å². The lowest BCUT2D eigenvalue weighted by Gasteiger charge is -2.39. The number of halogens is 1. The minimum atomic E-state index is -0.806. The highest BCUT2D eigenvalue weighted by molar-refractivity contribution is 6.29. The van der Waals surface area contributed by atoms with E-state index in [9.17, 15) is 9.59 Å². The van der Waals surface area contributed by atoms with Crippen molar-refractivity contribution in [1.82, 2.24) is 19.9 Å². The largest absolute Gasteiger partial charge is 0.384 e. The lowest BCUT2D eigenvalue weighted by Crippen LogP contribution is -2.69. The smallest absolute Gasteiger partial charge is 0.333 e. The summed E-state index contributed by atoms with van der Waals surface area (Å²) in [5.41, 5.74) is 10.7. The van der Waals surface area contributed by atoms with Gasteiger partial charge in [-0.05, 0) is 23.8 Å². The van der Waals surface area contributed by atoms with Crippen molar-refractivity contribution in [1.29, 1.82) is 0 Å². The molecule has 0 spiro atoms. The molecule has 0 radical (unpaired) electrons. The number of ether oxygens (including phenoxy) is 1. The Labute approximate surface area is 160 Å². The van der Waals surface area contributed by atoms with Crippen LogP contribution in [0.2, 0.25) is 5.15 Å². The van der Waals surface area contributed by atoms with E-state index >= 15 is 0 Å². The van der Waals surface area contributed by atoms with Crippen LogP contribution in [-0.2, 0) is 14.3 Å². The lowest BCUT2D eigenvalue weighted by atomic mass is 10.0. The second-order valence-corrected chi connectivity index (χ2v) is 6.31. The van der Waals surface area contributed by atoms with Gasteiger partial charge in [0, 0.05) is 6.07 Å². The number of hydrogen-bond donors (Lipinski definition) is 2. The van der Waals surface area contributed by atoms with E-state index in [0.717, 1.165) is 6.08 Å². The molecule has 2 atom stereocenters. The maximum atomic E-state index is 12.4. The summed E-state index contributed by atoms with van der Waals surface area (Å²) in [6, 6.07) is 3.54. The third-order valence-electron chi connectivity index (χ3n) is 4.18. The van der Waals surface area contributed by atoms with Gasteiger partial charge in [0.25, 0.3) is 0 Å². The van der Waals surface area contributed by atoms with E-state index in [-0.39, 0.29) is 24.2 Å². The molecular formula is C17H18ClN6O3+. The van der Waals surface area contributed by atoms with Crippen LogP contribution in [0.4, 0.5) is 5.82 Å². The number of anilines is 1. The molecule has 2 aromatic heterocycles. The molecule has 1 fully saturated rings. The van der Waals surface area contributed by atoms with Crippen LogP contribution in [0.1, 0.15) is 11.6 Å². The van der Waals surface area contributed by atoms with Crippen molar-refractivity contribution in [3.05, 3.63) is 47.9 Å². The van der Waals surface area contributed by atoms with Crippen LogP contribution >= 0.6 is 11.6 Å². The van der Waals surface area contributed by atoms with Crippen molar-refractivity contribution >= 4 is 29.2 Å². The molecule has 0 aliphatic carbocycles. The van der Waals surface area contributed by atoms with Gasteiger partial charge in [-0.1, -0.05) is 18.2 Å². The average molecular weight is 390 g/mol. The van der Waals surface area contributed by atoms with Gasteiger partial charge >= 0.3 is 5.91 Å². The summed E-state index contributed by atoms with van der Waals surface area (Å²) in [5.74, 6) is -0.527. The van der Waals surface area contributed by atoms with Gasteiger partial charge in [0.2, 0.25) is 5.91 Å². The number of nitrogens with two attached hydrogens (primary N) is 1. The average Bonchev–Trinajstić information content (AvgIpc) is 2.66. The summed E-state index contributed by atoms with van der Waals surface area (Å²) < 4.78 is 5.54. The van der Waals surface area contributed by atoms with E-state index < -0.39 is 23.9 Å². The first-order valence-electron chi connectivity index (χ1n) is 8.04. The zero-order valence-electron chi connectivity index (χ0n) is 14.3. The molecular weight excluding hydrogens is 372 g/mol. The second kappa shape index (κ2) is 7.78. The zero-order valence-corrected chi connectivity index (χ0v) is 15.1. The molecule has 140 valence electrons. The van der Waals surface area contributed by atoms with Crippen LogP contribution in [-0.4, -0.2) is 50.9 Å². The summed E-state index contributed by atoms with van der Waals surface area (Å²) in [6.07, 6.45) is 2.48. The van der Waals surface area contributed by atoms with Crippen molar-refractivity contribution in [2.45, 2.75) is 12.1 Å². The molecule has 9 nitrogen and oxygen atoms in total. The molecule has 1 aliphatic heterocycles. The fourth-order valence-electron chi connectivity index (χ4n) is 2.94. The van der Waals surface area contributed by atoms with E-state index in [1.165, 1.54) is 11.2 Å². The van der Waals surface area contributed by atoms with E-state index in [1.807, 2.05) is 0 Å². The Bertz CT molecular complexity index is 906. The zero-order chi connectivity index (χ0) is 19.6. The predicted molar refractivity (Wildman–Crippen MR) is 97.0 cm³/mol. The van der Waals surface area contributed by atoms with Gasteiger partial charge in [0.1, 0.15) is 17.3 Å². The van der Waals surface area contributed by atoms with Crippen molar-refractivity contribution < 1.29 is 20.1 Å². The van der Waals surface area contributed by atoms with Gasteiger partial charge in [-0.15, -0.1) is 0 Å². The lowest BCUT2D eigenvalue weighted by molar-refractivity contribution is -0.315. The Balaban J connectivity index is 2.06. The fraction of sp³-hybridized carbons (Fsp3) is 0.235. The van der Waals surface area contributed by atoms with Crippen LogP contribution in [0, 0.1) is 0 Å². The third kappa shape index (κ3) is 3.95. The number of amides is 2.